The predicted molar refractivity (Wildman–Crippen MR) is 70.3 cm³/mol. The number of rotatable bonds is 7. The van der Waals surface area contributed by atoms with Crippen LogP contribution in [0.2, 0.25) is 0 Å². The van der Waals surface area contributed by atoms with Crippen molar-refractivity contribution in [2.75, 3.05) is 26.4 Å². The number of carbonyl (C=O) groups is 1. The van der Waals surface area contributed by atoms with Crippen LogP contribution in [-0.4, -0.2) is 43.9 Å². The van der Waals surface area contributed by atoms with Crippen molar-refractivity contribution in [3.63, 3.8) is 0 Å². The SMILES string of the molecule is CC(C)OCCCCNC(=O)C1(N)CCOCC1. The zero-order valence-corrected chi connectivity index (χ0v) is 11.5. The summed E-state index contributed by atoms with van der Waals surface area (Å²) in [7, 11) is 0. The van der Waals surface area contributed by atoms with Crippen LogP contribution < -0.4 is 11.1 Å². The van der Waals surface area contributed by atoms with Gasteiger partial charge < -0.3 is 20.5 Å². The van der Waals surface area contributed by atoms with Gasteiger partial charge in [0.2, 0.25) is 5.91 Å². The number of unbranched alkanes of at least 4 members (excludes halogenated alkanes) is 1. The van der Waals surface area contributed by atoms with Crippen molar-refractivity contribution in [1.82, 2.24) is 5.32 Å². The van der Waals surface area contributed by atoms with Gasteiger partial charge in [0.1, 0.15) is 0 Å². The molecule has 1 aliphatic heterocycles. The number of nitrogens with one attached hydrogen (secondary N) is 1. The average Bonchev–Trinajstić information content (AvgIpc) is 2.34. The number of hydrogen-bond donors (Lipinski definition) is 2. The van der Waals surface area contributed by atoms with Crippen molar-refractivity contribution < 1.29 is 14.3 Å². The first kappa shape index (κ1) is 15.4. The zero-order chi connectivity index (χ0) is 13.4. The van der Waals surface area contributed by atoms with Crippen LogP contribution in [0.5, 0.6) is 0 Å². The summed E-state index contributed by atoms with van der Waals surface area (Å²) >= 11 is 0. The lowest BCUT2D eigenvalue weighted by Crippen LogP contribution is -2.57. The Morgan fingerprint density at radius 1 is 1.39 bits per heavy atom. The summed E-state index contributed by atoms with van der Waals surface area (Å²) in [6.45, 7) is 6.60. The van der Waals surface area contributed by atoms with Crippen molar-refractivity contribution >= 4 is 5.91 Å². The number of ether oxygens (including phenoxy) is 2. The molecule has 0 aromatic carbocycles. The molecule has 0 bridgehead atoms. The second kappa shape index (κ2) is 7.71. The first-order valence-electron chi connectivity index (χ1n) is 6.81. The quantitative estimate of drug-likeness (QED) is 0.663. The highest BCUT2D eigenvalue weighted by atomic mass is 16.5. The fourth-order valence-electron chi connectivity index (χ4n) is 1.89. The molecule has 0 aliphatic carbocycles. The van der Waals surface area contributed by atoms with Gasteiger partial charge >= 0.3 is 0 Å². The fourth-order valence-corrected chi connectivity index (χ4v) is 1.89. The van der Waals surface area contributed by atoms with Gasteiger partial charge in [-0.1, -0.05) is 0 Å². The minimum atomic E-state index is -0.729. The van der Waals surface area contributed by atoms with Crippen LogP contribution in [0.15, 0.2) is 0 Å². The lowest BCUT2D eigenvalue weighted by atomic mass is 9.90. The molecule has 5 nitrogen and oxygen atoms in total. The molecule has 1 amide bonds. The van der Waals surface area contributed by atoms with E-state index in [1.807, 2.05) is 13.8 Å². The Hall–Kier alpha value is -0.650. The Kier molecular flexibility index (Phi) is 6.60. The molecule has 0 radical (unpaired) electrons. The molecule has 1 heterocycles. The summed E-state index contributed by atoms with van der Waals surface area (Å²) < 4.78 is 10.6. The Morgan fingerprint density at radius 2 is 2.06 bits per heavy atom. The van der Waals surface area contributed by atoms with Gasteiger partial charge in [-0.3, -0.25) is 4.79 Å². The maximum Gasteiger partial charge on any atom is 0.240 e. The second-order valence-electron chi connectivity index (χ2n) is 5.15. The van der Waals surface area contributed by atoms with Crippen molar-refractivity contribution in [3.05, 3.63) is 0 Å². The average molecular weight is 258 g/mol. The van der Waals surface area contributed by atoms with E-state index in [0.29, 0.717) is 32.6 Å². The Morgan fingerprint density at radius 3 is 2.67 bits per heavy atom. The Labute approximate surface area is 109 Å². The van der Waals surface area contributed by atoms with E-state index < -0.39 is 5.54 Å². The van der Waals surface area contributed by atoms with Gasteiger partial charge in [0.05, 0.1) is 11.6 Å². The molecule has 18 heavy (non-hydrogen) atoms. The summed E-state index contributed by atoms with van der Waals surface area (Å²) in [5.41, 5.74) is 5.34. The predicted octanol–water partition coefficient (Wildman–Crippen LogP) is 0.816. The Bertz CT molecular complexity index is 251. The topological polar surface area (TPSA) is 73.6 Å². The van der Waals surface area contributed by atoms with Crippen LogP contribution in [0.25, 0.3) is 0 Å². The standard InChI is InChI=1S/C13H26N2O3/c1-11(2)18-8-4-3-7-15-12(16)13(14)5-9-17-10-6-13/h11H,3-10,14H2,1-2H3,(H,15,16). The van der Waals surface area contributed by atoms with Gasteiger partial charge in [0.25, 0.3) is 0 Å². The first-order valence-corrected chi connectivity index (χ1v) is 6.81. The summed E-state index contributed by atoms with van der Waals surface area (Å²) in [6, 6.07) is 0. The highest BCUT2D eigenvalue weighted by molar-refractivity contribution is 5.86. The van der Waals surface area contributed by atoms with E-state index in [-0.39, 0.29) is 12.0 Å². The molecule has 106 valence electrons. The van der Waals surface area contributed by atoms with E-state index in [1.165, 1.54) is 0 Å². The number of carbonyl (C=O) groups excluding carboxylic acids is 1. The van der Waals surface area contributed by atoms with Crippen molar-refractivity contribution in [3.8, 4) is 0 Å². The van der Waals surface area contributed by atoms with Crippen LogP contribution in [0.3, 0.4) is 0 Å². The lowest BCUT2D eigenvalue weighted by Gasteiger charge is -2.31. The van der Waals surface area contributed by atoms with Crippen LogP contribution in [0.1, 0.15) is 39.5 Å². The smallest absolute Gasteiger partial charge is 0.240 e. The van der Waals surface area contributed by atoms with E-state index in [0.717, 1.165) is 19.4 Å². The van der Waals surface area contributed by atoms with Crippen LogP contribution in [0, 0.1) is 0 Å². The normalized spacial score (nSPS) is 18.9. The van der Waals surface area contributed by atoms with Crippen molar-refractivity contribution in [2.24, 2.45) is 5.73 Å². The third-order valence-corrected chi connectivity index (χ3v) is 3.15. The first-order chi connectivity index (χ1) is 8.54. The van der Waals surface area contributed by atoms with Crippen LogP contribution in [0.4, 0.5) is 0 Å². The van der Waals surface area contributed by atoms with Crippen LogP contribution >= 0.6 is 0 Å². The fraction of sp³-hybridized carbons (Fsp3) is 0.923. The van der Waals surface area contributed by atoms with E-state index in [9.17, 15) is 4.79 Å². The van der Waals surface area contributed by atoms with Crippen LogP contribution in [-0.2, 0) is 14.3 Å². The Balaban J connectivity index is 2.09. The largest absolute Gasteiger partial charge is 0.381 e. The van der Waals surface area contributed by atoms with Gasteiger partial charge in [-0.25, -0.2) is 0 Å². The van der Waals surface area contributed by atoms with E-state index >= 15 is 0 Å². The molecular formula is C13H26N2O3. The molecule has 0 spiro atoms. The molecule has 3 N–H and O–H groups in total. The van der Waals surface area contributed by atoms with Crippen molar-refractivity contribution in [2.45, 2.75) is 51.2 Å². The molecule has 0 aromatic heterocycles. The van der Waals surface area contributed by atoms with Gasteiger partial charge in [0.15, 0.2) is 0 Å². The minimum absolute atomic E-state index is 0.0458. The molecule has 1 saturated heterocycles. The van der Waals surface area contributed by atoms with E-state index in [4.69, 9.17) is 15.2 Å². The maximum atomic E-state index is 11.9. The summed E-state index contributed by atoms with van der Waals surface area (Å²) in [5.74, 6) is -0.0458. The number of hydrogen-bond acceptors (Lipinski definition) is 4. The molecule has 0 saturated carbocycles. The van der Waals surface area contributed by atoms with E-state index in [1.54, 1.807) is 0 Å². The molecule has 0 unspecified atom stereocenters. The number of nitrogens with two attached hydrogens (primary N) is 1. The van der Waals surface area contributed by atoms with E-state index in [2.05, 4.69) is 5.32 Å². The molecule has 5 heteroatoms. The molecule has 1 fully saturated rings. The van der Waals surface area contributed by atoms with Gasteiger partial charge in [-0.15, -0.1) is 0 Å². The van der Waals surface area contributed by atoms with Gasteiger partial charge in [-0.2, -0.15) is 0 Å². The summed E-state index contributed by atoms with van der Waals surface area (Å²) in [4.78, 5) is 11.9. The minimum Gasteiger partial charge on any atom is -0.381 e. The third kappa shape index (κ3) is 5.33. The molecule has 1 aliphatic rings. The van der Waals surface area contributed by atoms with Gasteiger partial charge in [-0.05, 0) is 39.5 Å². The highest BCUT2D eigenvalue weighted by Crippen LogP contribution is 2.17. The zero-order valence-electron chi connectivity index (χ0n) is 11.5. The maximum absolute atomic E-state index is 11.9. The second-order valence-corrected chi connectivity index (χ2v) is 5.15. The highest BCUT2D eigenvalue weighted by Gasteiger charge is 2.35. The molecule has 0 atom stereocenters. The monoisotopic (exact) mass is 258 g/mol. The van der Waals surface area contributed by atoms with Crippen molar-refractivity contribution in [1.29, 1.82) is 0 Å². The summed E-state index contributed by atoms with van der Waals surface area (Å²) in [5, 5.41) is 2.91. The molecular weight excluding hydrogens is 232 g/mol. The third-order valence-electron chi connectivity index (χ3n) is 3.15. The number of amides is 1. The summed E-state index contributed by atoms with van der Waals surface area (Å²) in [6.07, 6.45) is 3.36. The lowest BCUT2D eigenvalue weighted by molar-refractivity contribution is -0.129. The molecule has 0 aromatic rings. The van der Waals surface area contributed by atoms with Gasteiger partial charge in [0, 0.05) is 26.4 Å². The molecule has 1 rings (SSSR count).